The Balaban J connectivity index is 2.20. The molecule has 0 spiro atoms. The van der Waals surface area contributed by atoms with Crippen LogP contribution in [0.2, 0.25) is 0 Å². The van der Waals surface area contributed by atoms with Gasteiger partial charge in [-0.15, -0.1) is 0 Å². The summed E-state index contributed by atoms with van der Waals surface area (Å²) < 4.78 is 0. The Hall–Kier alpha value is -1.50. The van der Waals surface area contributed by atoms with Gasteiger partial charge in [0.1, 0.15) is 5.75 Å². The lowest BCUT2D eigenvalue weighted by molar-refractivity contribution is 0.476. The Morgan fingerprint density at radius 3 is 2.50 bits per heavy atom. The number of hydrogen-bond donors (Lipinski definition) is 1. The van der Waals surface area contributed by atoms with Crippen LogP contribution in [0.4, 0.5) is 0 Å². The zero-order valence-electron chi connectivity index (χ0n) is 7.90. The van der Waals surface area contributed by atoms with E-state index in [9.17, 15) is 5.11 Å². The molecule has 1 fully saturated rings. The van der Waals surface area contributed by atoms with E-state index in [0.717, 1.165) is 11.3 Å². The number of aromatic hydroxyl groups is 1. The van der Waals surface area contributed by atoms with Crippen molar-refractivity contribution in [1.82, 2.24) is 0 Å². The molecule has 0 heterocycles. The van der Waals surface area contributed by atoms with Gasteiger partial charge >= 0.3 is 0 Å². The Morgan fingerprint density at radius 1 is 0.929 bits per heavy atom. The van der Waals surface area contributed by atoms with Crippen molar-refractivity contribution in [2.75, 3.05) is 0 Å². The molecular formula is C13H12O. The molecule has 2 aromatic carbocycles. The van der Waals surface area contributed by atoms with Crippen molar-refractivity contribution in [3.05, 3.63) is 42.0 Å². The van der Waals surface area contributed by atoms with Crippen molar-refractivity contribution in [3.63, 3.8) is 0 Å². The second-order valence-electron chi connectivity index (χ2n) is 4.07. The molecular weight excluding hydrogens is 172 g/mol. The van der Waals surface area contributed by atoms with Crippen LogP contribution in [0.15, 0.2) is 36.4 Å². The molecule has 0 aromatic heterocycles. The van der Waals surface area contributed by atoms with Crippen LogP contribution in [0.25, 0.3) is 10.8 Å². The largest absolute Gasteiger partial charge is 0.508 e. The Labute approximate surface area is 83.0 Å². The smallest absolute Gasteiger partial charge is 0.116 e. The van der Waals surface area contributed by atoms with Gasteiger partial charge in [-0.1, -0.05) is 24.3 Å². The number of benzene rings is 2. The molecule has 0 atom stereocenters. The maximum absolute atomic E-state index is 9.38. The molecule has 1 saturated carbocycles. The van der Waals surface area contributed by atoms with Crippen molar-refractivity contribution >= 4 is 10.8 Å². The van der Waals surface area contributed by atoms with Gasteiger partial charge < -0.3 is 5.11 Å². The van der Waals surface area contributed by atoms with E-state index in [1.807, 2.05) is 12.1 Å². The van der Waals surface area contributed by atoms with Crippen molar-refractivity contribution in [1.29, 1.82) is 0 Å². The molecule has 0 aliphatic heterocycles. The Bertz CT molecular complexity index is 484. The second kappa shape index (κ2) is 2.74. The van der Waals surface area contributed by atoms with Crippen molar-refractivity contribution in [2.24, 2.45) is 0 Å². The highest BCUT2D eigenvalue weighted by molar-refractivity contribution is 5.84. The minimum absolute atomic E-state index is 0.352. The van der Waals surface area contributed by atoms with E-state index in [0.29, 0.717) is 5.75 Å². The number of rotatable bonds is 1. The third-order valence-electron chi connectivity index (χ3n) is 2.90. The first-order chi connectivity index (χ1) is 6.83. The predicted octanol–water partition coefficient (Wildman–Crippen LogP) is 3.42. The predicted molar refractivity (Wildman–Crippen MR) is 57.6 cm³/mol. The molecule has 3 rings (SSSR count). The van der Waals surface area contributed by atoms with Crippen LogP contribution < -0.4 is 0 Å². The molecule has 2 aromatic rings. The summed E-state index contributed by atoms with van der Waals surface area (Å²) in [5.74, 6) is 1.13. The van der Waals surface area contributed by atoms with Crippen molar-refractivity contribution < 1.29 is 5.11 Å². The van der Waals surface area contributed by atoms with E-state index < -0.39 is 0 Å². The monoisotopic (exact) mass is 184 g/mol. The van der Waals surface area contributed by atoms with E-state index in [1.54, 1.807) is 6.07 Å². The van der Waals surface area contributed by atoms with Crippen LogP contribution in [0.3, 0.4) is 0 Å². The molecule has 70 valence electrons. The highest BCUT2D eigenvalue weighted by Gasteiger charge is 2.23. The van der Waals surface area contributed by atoms with Crippen LogP contribution in [0.5, 0.6) is 5.75 Å². The summed E-state index contributed by atoms with van der Waals surface area (Å²) in [4.78, 5) is 0. The van der Waals surface area contributed by atoms with Gasteiger partial charge in [-0.3, -0.25) is 0 Å². The fourth-order valence-electron chi connectivity index (χ4n) is 1.92. The fraction of sp³-hybridized carbons (Fsp3) is 0.231. The topological polar surface area (TPSA) is 20.2 Å². The van der Waals surface area contributed by atoms with Gasteiger partial charge in [-0.25, -0.2) is 0 Å². The van der Waals surface area contributed by atoms with Gasteiger partial charge in [-0.2, -0.15) is 0 Å². The van der Waals surface area contributed by atoms with Gasteiger partial charge in [0.2, 0.25) is 0 Å². The van der Waals surface area contributed by atoms with Gasteiger partial charge in [0.25, 0.3) is 0 Å². The average Bonchev–Trinajstić information content (AvgIpc) is 3.00. The first-order valence-electron chi connectivity index (χ1n) is 5.05. The standard InChI is InChI=1S/C13H12O/c14-13-6-5-10-3-4-11(9-1-2-9)7-12(10)8-13/h3-9,14H,1-2H2. The summed E-state index contributed by atoms with van der Waals surface area (Å²) in [6.07, 6.45) is 2.65. The van der Waals surface area contributed by atoms with Crippen LogP contribution >= 0.6 is 0 Å². The van der Waals surface area contributed by atoms with E-state index in [1.165, 1.54) is 23.8 Å². The molecule has 1 aliphatic rings. The quantitative estimate of drug-likeness (QED) is 0.720. The summed E-state index contributed by atoms with van der Waals surface area (Å²) in [5.41, 5.74) is 1.42. The van der Waals surface area contributed by atoms with Gasteiger partial charge in [0.15, 0.2) is 0 Å². The van der Waals surface area contributed by atoms with Crippen LogP contribution in [-0.2, 0) is 0 Å². The summed E-state index contributed by atoms with van der Waals surface area (Å²) in [6.45, 7) is 0. The number of phenolic OH excluding ortho intramolecular Hbond substituents is 1. The molecule has 0 amide bonds. The molecule has 0 saturated heterocycles. The SMILES string of the molecule is Oc1ccc2ccc(C3CC3)cc2c1. The zero-order chi connectivity index (χ0) is 9.54. The zero-order valence-corrected chi connectivity index (χ0v) is 7.90. The van der Waals surface area contributed by atoms with Crippen LogP contribution in [0.1, 0.15) is 24.3 Å². The molecule has 0 bridgehead atoms. The third kappa shape index (κ3) is 1.25. The first-order valence-corrected chi connectivity index (χ1v) is 5.05. The summed E-state index contributed by atoms with van der Waals surface area (Å²) in [6, 6.07) is 12.1. The van der Waals surface area contributed by atoms with Gasteiger partial charge in [0, 0.05) is 0 Å². The first kappa shape index (κ1) is 7.86. The van der Waals surface area contributed by atoms with E-state index >= 15 is 0 Å². The lowest BCUT2D eigenvalue weighted by atomic mass is 10.0. The maximum atomic E-state index is 9.38. The van der Waals surface area contributed by atoms with E-state index in [4.69, 9.17) is 0 Å². The lowest BCUT2D eigenvalue weighted by Crippen LogP contribution is -1.79. The van der Waals surface area contributed by atoms with E-state index in [2.05, 4.69) is 18.2 Å². The highest BCUT2D eigenvalue weighted by Crippen LogP contribution is 2.41. The molecule has 1 aliphatic carbocycles. The third-order valence-corrected chi connectivity index (χ3v) is 2.90. The lowest BCUT2D eigenvalue weighted by Gasteiger charge is -2.02. The average molecular weight is 184 g/mol. The fourth-order valence-corrected chi connectivity index (χ4v) is 1.92. The maximum Gasteiger partial charge on any atom is 0.116 e. The molecule has 14 heavy (non-hydrogen) atoms. The molecule has 1 N–H and O–H groups in total. The minimum atomic E-state index is 0.352. The van der Waals surface area contributed by atoms with Crippen molar-refractivity contribution in [3.8, 4) is 5.75 Å². The molecule has 0 unspecified atom stereocenters. The highest BCUT2D eigenvalue weighted by atomic mass is 16.3. The number of phenols is 1. The van der Waals surface area contributed by atoms with Gasteiger partial charge in [-0.05, 0) is 47.2 Å². The number of fused-ring (bicyclic) bond motifs is 1. The number of hydrogen-bond acceptors (Lipinski definition) is 1. The molecule has 0 radical (unpaired) electrons. The summed E-state index contributed by atoms with van der Waals surface area (Å²) in [5, 5.41) is 11.7. The molecule has 1 heteroatoms. The second-order valence-corrected chi connectivity index (χ2v) is 4.07. The summed E-state index contributed by atoms with van der Waals surface area (Å²) in [7, 11) is 0. The van der Waals surface area contributed by atoms with E-state index in [-0.39, 0.29) is 0 Å². The summed E-state index contributed by atoms with van der Waals surface area (Å²) >= 11 is 0. The normalized spacial score (nSPS) is 16.0. The minimum Gasteiger partial charge on any atom is -0.508 e. The molecule has 1 nitrogen and oxygen atoms in total. The Kier molecular flexibility index (Phi) is 1.54. The van der Waals surface area contributed by atoms with Crippen molar-refractivity contribution in [2.45, 2.75) is 18.8 Å². The van der Waals surface area contributed by atoms with Crippen LogP contribution in [-0.4, -0.2) is 5.11 Å². The van der Waals surface area contributed by atoms with Gasteiger partial charge in [0.05, 0.1) is 0 Å². The van der Waals surface area contributed by atoms with Crippen LogP contribution in [0, 0.1) is 0 Å². The Morgan fingerprint density at radius 2 is 1.71 bits per heavy atom.